The Morgan fingerprint density at radius 1 is 1.06 bits per heavy atom. The van der Waals surface area contributed by atoms with E-state index in [4.69, 9.17) is 25.8 Å². The second-order valence-electron chi connectivity index (χ2n) is 6.62. The minimum Gasteiger partial charge on any atom is -0.490 e. The van der Waals surface area contributed by atoms with Gasteiger partial charge in [0.2, 0.25) is 0 Å². The number of amides is 2. The number of hydrogen-bond acceptors (Lipinski definition) is 8. The number of para-hydroxylation sites is 1. The van der Waals surface area contributed by atoms with Gasteiger partial charge < -0.3 is 18.9 Å². The fourth-order valence-electron chi connectivity index (χ4n) is 2.85. The third-order valence-electron chi connectivity index (χ3n) is 4.42. The van der Waals surface area contributed by atoms with Crippen molar-refractivity contribution in [3.63, 3.8) is 0 Å². The van der Waals surface area contributed by atoms with E-state index in [2.05, 4.69) is 4.74 Å². The van der Waals surface area contributed by atoms with Gasteiger partial charge in [-0.3, -0.25) is 14.5 Å². The molecule has 1 aliphatic heterocycles. The standard InChI is InChI=1S/C23H22ClNO7S/c1-3-30-19-12-15(8-9-18(19)32-14-21(26)29-2)13-20-22(27)25(23(28)33-20)10-11-31-17-7-5-4-6-16(17)24/h4-9,12-13H,3,10-11,14H2,1-2H3/b20-13-. The molecule has 1 saturated heterocycles. The average molecular weight is 492 g/mol. The van der Waals surface area contributed by atoms with E-state index < -0.39 is 11.9 Å². The highest BCUT2D eigenvalue weighted by molar-refractivity contribution is 8.18. The molecule has 0 radical (unpaired) electrons. The third-order valence-corrected chi connectivity index (χ3v) is 5.64. The Labute approximate surface area is 200 Å². The van der Waals surface area contributed by atoms with Gasteiger partial charge in [-0.25, -0.2) is 4.79 Å². The Morgan fingerprint density at radius 2 is 1.85 bits per heavy atom. The zero-order chi connectivity index (χ0) is 23.8. The molecule has 174 valence electrons. The first-order valence-electron chi connectivity index (χ1n) is 10.0. The van der Waals surface area contributed by atoms with Crippen molar-refractivity contribution in [2.24, 2.45) is 0 Å². The fourth-order valence-corrected chi connectivity index (χ4v) is 3.91. The highest BCUT2D eigenvalue weighted by atomic mass is 35.5. The van der Waals surface area contributed by atoms with E-state index in [-0.39, 0.29) is 29.9 Å². The zero-order valence-electron chi connectivity index (χ0n) is 18.0. The summed E-state index contributed by atoms with van der Waals surface area (Å²) in [6, 6.07) is 12.0. The number of carbonyl (C=O) groups is 3. The van der Waals surface area contributed by atoms with Crippen LogP contribution in [0.2, 0.25) is 5.02 Å². The van der Waals surface area contributed by atoms with Crippen LogP contribution in [0.25, 0.3) is 6.08 Å². The van der Waals surface area contributed by atoms with Crippen molar-refractivity contribution < 1.29 is 33.3 Å². The summed E-state index contributed by atoms with van der Waals surface area (Å²) < 4.78 is 21.2. The fraction of sp³-hybridized carbons (Fsp3) is 0.261. The summed E-state index contributed by atoms with van der Waals surface area (Å²) in [6.07, 6.45) is 1.60. The molecule has 2 aromatic carbocycles. The van der Waals surface area contributed by atoms with Gasteiger partial charge in [0.1, 0.15) is 12.4 Å². The van der Waals surface area contributed by atoms with Gasteiger partial charge in [-0.15, -0.1) is 0 Å². The second-order valence-corrected chi connectivity index (χ2v) is 8.02. The van der Waals surface area contributed by atoms with E-state index in [1.807, 2.05) is 6.92 Å². The number of halogens is 1. The second kappa shape index (κ2) is 11.6. The number of benzene rings is 2. The van der Waals surface area contributed by atoms with E-state index in [0.29, 0.717) is 34.4 Å². The summed E-state index contributed by atoms with van der Waals surface area (Å²) in [5.74, 6) is 0.330. The molecule has 2 aromatic rings. The van der Waals surface area contributed by atoms with Crippen LogP contribution in [-0.4, -0.2) is 55.5 Å². The summed E-state index contributed by atoms with van der Waals surface area (Å²) in [7, 11) is 1.27. The topological polar surface area (TPSA) is 91.4 Å². The molecule has 0 N–H and O–H groups in total. The van der Waals surface area contributed by atoms with Gasteiger partial charge in [0.15, 0.2) is 18.1 Å². The van der Waals surface area contributed by atoms with Crippen LogP contribution in [0.5, 0.6) is 17.2 Å². The van der Waals surface area contributed by atoms with Crippen LogP contribution in [0.15, 0.2) is 47.4 Å². The highest BCUT2D eigenvalue weighted by Gasteiger charge is 2.34. The number of thioether (sulfide) groups is 1. The normalized spacial score (nSPS) is 14.5. The molecule has 0 aromatic heterocycles. The quantitative estimate of drug-likeness (QED) is 0.356. The van der Waals surface area contributed by atoms with Crippen molar-refractivity contribution in [1.29, 1.82) is 0 Å². The Morgan fingerprint density at radius 3 is 2.58 bits per heavy atom. The van der Waals surface area contributed by atoms with Crippen LogP contribution in [0.4, 0.5) is 4.79 Å². The molecule has 0 unspecified atom stereocenters. The van der Waals surface area contributed by atoms with Gasteiger partial charge in [-0.2, -0.15) is 0 Å². The van der Waals surface area contributed by atoms with Gasteiger partial charge >= 0.3 is 5.97 Å². The highest BCUT2D eigenvalue weighted by Crippen LogP contribution is 2.34. The smallest absolute Gasteiger partial charge is 0.343 e. The Kier molecular flexibility index (Phi) is 8.62. The molecule has 8 nitrogen and oxygen atoms in total. The van der Waals surface area contributed by atoms with Crippen molar-refractivity contribution in [3.8, 4) is 17.2 Å². The Hall–Kier alpha value is -3.17. The molecule has 0 aliphatic carbocycles. The maximum absolute atomic E-state index is 12.7. The zero-order valence-corrected chi connectivity index (χ0v) is 19.6. The lowest BCUT2D eigenvalue weighted by molar-refractivity contribution is -0.142. The summed E-state index contributed by atoms with van der Waals surface area (Å²) in [4.78, 5) is 37.8. The molecule has 2 amide bonds. The van der Waals surface area contributed by atoms with Crippen molar-refractivity contribution in [2.45, 2.75) is 6.92 Å². The van der Waals surface area contributed by atoms with E-state index in [1.54, 1.807) is 48.5 Å². The van der Waals surface area contributed by atoms with Crippen molar-refractivity contribution in [2.75, 3.05) is 33.5 Å². The molecule has 0 spiro atoms. The molecule has 0 saturated carbocycles. The summed E-state index contributed by atoms with van der Waals surface area (Å²) in [6.45, 7) is 2.14. The monoisotopic (exact) mass is 491 g/mol. The minimum atomic E-state index is -0.520. The predicted molar refractivity (Wildman–Crippen MR) is 125 cm³/mol. The molecule has 0 bridgehead atoms. The van der Waals surface area contributed by atoms with Crippen molar-refractivity contribution >= 4 is 46.6 Å². The predicted octanol–water partition coefficient (Wildman–Crippen LogP) is 4.41. The van der Waals surface area contributed by atoms with Crippen LogP contribution in [0, 0.1) is 0 Å². The molecule has 33 heavy (non-hydrogen) atoms. The number of imide groups is 1. The number of ether oxygens (including phenoxy) is 4. The van der Waals surface area contributed by atoms with Crippen LogP contribution in [0.3, 0.4) is 0 Å². The van der Waals surface area contributed by atoms with Gasteiger partial charge in [-0.05, 0) is 54.6 Å². The minimum absolute atomic E-state index is 0.0950. The largest absolute Gasteiger partial charge is 0.490 e. The molecule has 1 fully saturated rings. The van der Waals surface area contributed by atoms with Crippen molar-refractivity contribution in [3.05, 3.63) is 58.0 Å². The first-order chi connectivity index (χ1) is 15.9. The number of hydrogen-bond donors (Lipinski definition) is 0. The molecular weight excluding hydrogens is 470 g/mol. The van der Waals surface area contributed by atoms with E-state index in [0.717, 1.165) is 16.7 Å². The van der Waals surface area contributed by atoms with Crippen LogP contribution < -0.4 is 14.2 Å². The number of carbonyl (C=O) groups excluding carboxylic acids is 3. The Balaban J connectivity index is 1.67. The number of rotatable bonds is 10. The van der Waals surface area contributed by atoms with E-state index >= 15 is 0 Å². The number of nitrogens with zero attached hydrogens (tertiary/aromatic N) is 1. The molecule has 1 aliphatic rings. The van der Waals surface area contributed by atoms with E-state index in [1.165, 1.54) is 7.11 Å². The lowest BCUT2D eigenvalue weighted by Gasteiger charge is -2.14. The SMILES string of the molecule is CCOc1cc(/C=C2\SC(=O)N(CCOc3ccccc3Cl)C2=O)ccc1OCC(=O)OC. The van der Waals surface area contributed by atoms with Crippen LogP contribution >= 0.6 is 23.4 Å². The number of esters is 1. The van der Waals surface area contributed by atoms with Crippen LogP contribution in [-0.2, 0) is 14.3 Å². The van der Waals surface area contributed by atoms with Gasteiger partial charge in [0.05, 0.1) is 30.2 Å². The summed E-state index contributed by atoms with van der Waals surface area (Å²) in [5.41, 5.74) is 0.640. The third kappa shape index (κ3) is 6.43. The average Bonchev–Trinajstić information content (AvgIpc) is 3.07. The molecule has 0 atom stereocenters. The first-order valence-corrected chi connectivity index (χ1v) is 11.2. The van der Waals surface area contributed by atoms with Gasteiger partial charge in [0, 0.05) is 0 Å². The number of methoxy groups -OCH3 is 1. The van der Waals surface area contributed by atoms with Crippen molar-refractivity contribution in [1.82, 2.24) is 4.90 Å². The lowest BCUT2D eigenvalue weighted by atomic mass is 10.2. The first kappa shape index (κ1) is 24.5. The van der Waals surface area contributed by atoms with E-state index in [9.17, 15) is 14.4 Å². The Bertz CT molecular complexity index is 1070. The molecule has 1 heterocycles. The lowest BCUT2D eigenvalue weighted by Crippen LogP contribution is -2.32. The van der Waals surface area contributed by atoms with Crippen LogP contribution in [0.1, 0.15) is 12.5 Å². The van der Waals surface area contributed by atoms with Gasteiger partial charge in [0.25, 0.3) is 11.1 Å². The maximum atomic E-state index is 12.7. The maximum Gasteiger partial charge on any atom is 0.343 e. The summed E-state index contributed by atoms with van der Waals surface area (Å²) >= 11 is 6.90. The van der Waals surface area contributed by atoms with Gasteiger partial charge in [-0.1, -0.05) is 29.8 Å². The summed E-state index contributed by atoms with van der Waals surface area (Å²) in [5, 5.41) is 0.0766. The molecule has 3 rings (SSSR count). The molecule has 10 heteroatoms. The molecular formula is C23H22ClNO7S.